The number of rotatable bonds is 4. The van der Waals surface area contributed by atoms with Gasteiger partial charge in [-0.1, -0.05) is 49.4 Å². The molecule has 0 aliphatic heterocycles. The average Bonchev–Trinajstić information content (AvgIpc) is 3.18. The first-order valence-corrected chi connectivity index (χ1v) is 11.9. The van der Waals surface area contributed by atoms with Gasteiger partial charge in [0.15, 0.2) is 0 Å². The molecule has 35 heavy (non-hydrogen) atoms. The van der Waals surface area contributed by atoms with Crippen molar-refractivity contribution >= 4 is 55.6 Å². The van der Waals surface area contributed by atoms with Gasteiger partial charge in [-0.2, -0.15) is 5.26 Å². The lowest BCUT2D eigenvalue weighted by Crippen LogP contribution is -2.12. The second-order valence-electron chi connectivity index (χ2n) is 8.22. The molecule has 0 unspecified atom stereocenters. The van der Waals surface area contributed by atoms with Gasteiger partial charge in [0.1, 0.15) is 27.2 Å². The Morgan fingerprint density at radius 2 is 1.86 bits per heavy atom. The van der Waals surface area contributed by atoms with E-state index in [-0.39, 0.29) is 23.0 Å². The van der Waals surface area contributed by atoms with Gasteiger partial charge in [-0.3, -0.25) is 9.78 Å². The Kier molecular flexibility index (Phi) is 5.55. The number of anilines is 3. The van der Waals surface area contributed by atoms with Crippen LogP contribution in [0.3, 0.4) is 0 Å². The van der Waals surface area contributed by atoms with Gasteiger partial charge in [-0.15, -0.1) is 11.3 Å². The Hall–Kier alpha value is -4.48. The molecule has 0 fully saturated rings. The van der Waals surface area contributed by atoms with Crippen molar-refractivity contribution in [1.29, 1.82) is 5.26 Å². The number of hydrogen-bond acceptors (Lipinski definition) is 7. The first-order valence-electron chi connectivity index (χ1n) is 11.1. The maximum absolute atomic E-state index is 13.4. The maximum atomic E-state index is 13.4. The fourth-order valence-corrected chi connectivity index (χ4v) is 5.25. The third-order valence-corrected chi connectivity index (χ3v) is 7.06. The number of amides is 1. The van der Waals surface area contributed by atoms with E-state index in [0.717, 1.165) is 39.9 Å². The van der Waals surface area contributed by atoms with E-state index in [0.29, 0.717) is 26.3 Å². The summed E-state index contributed by atoms with van der Waals surface area (Å²) in [5, 5.41) is 14.2. The number of pyridine rings is 2. The average molecular weight is 479 g/mol. The minimum absolute atomic E-state index is 0.110. The molecule has 0 bridgehead atoms. The van der Waals surface area contributed by atoms with Gasteiger partial charge in [0, 0.05) is 22.0 Å². The smallest absolute Gasteiger partial charge is 0.267 e. The number of benzene rings is 2. The van der Waals surface area contributed by atoms with E-state index in [9.17, 15) is 10.1 Å². The highest BCUT2D eigenvalue weighted by Gasteiger charge is 2.24. The van der Waals surface area contributed by atoms with E-state index in [1.54, 1.807) is 0 Å². The first-order chi connectivity index (χ1) is 16.9. The number of nitriles is 1. The van der Waals surface area contributed by atoms with Gasteiger partial charge >= 0.3 is 0 Å². The minimum Gasteiger partial charge on any atom is -0.397 e. The number of nitrogens with one attached hydrogen (secondary N) is 1. The van der Waals surface area contributed by atoms with Crippen molar-refractivity contribution in [2.75, 3.05) is 16.8 Å². The molecule has 3 aromatic heterocycles. The number of thiophene rings is 1. The van der Waals surface area contributed by atoms with Gasteiger partial charge in [0.05, 0.1) is 16.9 Å². The standard InChI is InChI=1S/C27H22N6OS/c1-3-15-8-10-16(11-9-15)21-18(13-28)25(30)33-27-22(21)23(29)24(35-27)26(34)32-20-12-14(2)31-19-7-5-4-6-17(19)20/h4-12H,3,29H2,1-2H3,(H2,30,33)(H,31,32,34). The number of nitrogen functional groups attached to an aromatic ring is 2. The summed E-state index contributed by atoms with van der Waals surface area (Å²) < 4.78 is 0. The molecular formula is C27H22N6OS. The second kappa shape index (κ2) is 8.70. The third kappa shape index (κ3) is 3.82. The van der Waals surface area contributed by atoms with Crippen LogP contribution in [0.25, 0.3) is 32.2 Å². The maximum Gasteiger partial charge on any atom is 0.267 e. The fourth-order valence-electron chi connectivity index (χ4n) is 4.24. The van der Waals surface area contributed by atoms with E-state index >= 15 is 0 Å². The summed E-state index contributed by atoms with van der Waals surface area (Å²) in [7, 11) is 0. The molecule has 172 valence electrons. The normalized spacial score (nSPS) is 11.0. The SMILES string of the molecule is CCc1ccc(-c2c(C#N)c(N)nc3sc(C(=O)Nc4cc(C)nc5ccccc45)c(N)c23)cc1. The van der Waals surface area contributed by atoms with Crippen molar-refractivity contribution in [2.24, 2.45) is 0 Å². The minimum atomic E-state index is -0.356. The quantitative estimate of drug-likeness (QED) is 0.305. The topological polar surface area (TPSA) is 131 Å². The van der Waals surface area contributed by atoms with E-state index in [4.69, 9.17) is 11.5 Å². The molecule has 0 radical (unpaired) electrons. The number of nitrogens with two attached hydrogens (primary N) is 2. The largest absolute Gasteiger partial charge is 0.397 e. The number of nitrogens with zero attached hydrogens (tertiary/aromatic N) is 3. The molecule has 2 aromatic carbocycles. The summed E-state index contributed by atoms with van der Waals surface area (Å²) in [6.45, 7) is 3.95. The molecule has 5 aromatic rings. The van der Waals surface area contributed by atoms with Crippen LogP contribution >= 0.6 is 11.3 Å². The Morgan fingerprint density at radius 1 is 1.11 bits per heavy atom. The van der Waals surface area contributed by atoms with Crippen molar-refractivity contribution in [3.8, 4) is 17.2 Å². The van der Waals surface area contributed by atoms with Crippen LogP contribution in [0.2, 0.25) is 0 Å². The second-order valence-corrected chi connectivity index (χ2v) is 9.22. The highest BCUT2D eigenvalue weighted by molar-refractivity contribution is 7.21. The number of carbonyl (C=O) groups excluding carboxylic acids is 1. The lowest BCUT2D eigenvalue weighted by molar-refractivity contribution is 0.103. The summed E-state index contributed by atoms with van der Waals surface area (Å²) in [5.74, 6) is -0.246. The molecule has 7 nitrogen and oxygen atoms in total. The number of aryl methyl sites for hydroxylation is 2. The lowest BCUT2D eigenvalue weighted by atomic mass is 9.96. The summed E-state index contributed by atoms with van der Waals surface area (Å²) in [5.41, 5.74) is 18.0. The van der Waals surface area contributed by atoms with Crippen molar-refractivity contribution in [1.82, 2.24) is 9.97 Å². The zero-order valence-electron chi connectivity index (χ0n) is 19.2. The van der Waals surface area contributed by atoms with Crippen molar-refractivity contribution < 1.29 is 4.79 Å². The molecule has 3 heterocycles. The highest BCUT2D eigenvalue weighted by atomic mass is 32.1. The first kappa shape index (κ1) is 22.3. The van der Waals surface area contributed by atoms with Crippen LogP contribution in [-0.2, 0) is 6.42 Å². The van der Waals surface area contributed by atoms with E-state index in [1.165, 1.54) is 5.56 Å². The Bertz CT molecular complexity index is 1660. The van der Waals surface area contributed by atoms with Crippen LogP contribution in [0, 0.1) is 18.3 Å². The van der Waals surface area contributed by atoms with Crippen molar-refractivity contribution in [3.63, 3.8) is 0 Å². The molecular weight excluding hydrogens is 456 g/mol. The summed E-state index contributed by atoms with van der Waals surface area (Å²) in [6, 6.07) is 19.5. The van der Waals surface area contributed by atoms with E-state index in [1.807, 2.05) is 61.5 Å². The lowest BCUT2D eigenvalue weighted by Gasteiger charge is -2.11. The molecule has 0 aliphatic carbocycles. The van der Waals surface area contributed by atoms with Gasteiger partial charge in [-0.25, -0.2) is 4.98 Å². The van der Waals surface area contributed by atoms with Gasteiger partial charge in [0.2, 0.25) is 0 Å². The number of hydrogen-bond donors (Lipinski definition) is 3. The predicted octanol–water partition coefficient (Wildman–Crippen LogP) is 5.67. The van der Waals surface area contributed by atoms with Crippen molar-refractivity contribution in [3.05, 3.63) is 76.3 Å². The summed E-state index contributed by atoms with van der Waals surface area (Å²) in [4.78, 5) is 23.2. The molecule has 0 aliphatic rings. The van der Waals surface area contributed by atoms with E-state index in [2.05, 4.69) is 28.3 Å². The van der Waals surface area contributed by atoms with Crippen LogP contribution in [0.1, 0.15) is 33.4 Å². The Balaban J connectivity index is 1.66. The fraction of sp³-hybridized carbons (Fsp3) is 0.111. The van der Waals surface area contributed by atoms with Crippen LogP contribution < -0.4 is 16.8 Å². The van der Waals surface area contributed by atoms with Crippen LogP contribution in [0.5, 0.6) is 0 Å². The van der Waals surface area contributed by atoms with Crippen molar-refractivity contribution in [2.45, 2.75) is 20.3 Å². The molecule has 0 spiro atoms. The molecule has 5 N–H and O–H groups in total. The molecule has 0 saturated carbocycles. The monoisotopic (exact) mass is 478 g/mol. The summed E-state index contributed by atoms with van der Waals surface area (Å²) in [6.07, 6.45) is 0.896. The molecule has 1 amide bonds. The predicted molar refractivity (Wildman–Crippen MR) is 142 cm³/mol. The third-order valence-electron chi connectivity index (χ3n) is 5.97. The Morgan fingerprint density at radius 3 is 2.57 bits per heavy atom. The van der Waals surface area contributed by atoms with Crippen LogP contribution in [0.15, 0.2) is 54.6 Å². The van der Waals surface area contributed by atoms with Crippen LogP contribution in [0.4, 0.5) is 17.2 Å². The molecule has 8 heteroatoms. The molecule has 0 atom stereocenters. The van der Waals surface area contributed by atoms with Gasteiger partial charge < -0.3 is 16.8 Å². The Labute approximate surface area is 206 Å². The number of para-hydroxylation sites is 1. The molecule has 0 saturated heterocycles. The summed E-state index contributed by atoms with van der Waals surface area (Å²) >= 11 is 1.16. The number of fused-ring (bicyclic) bond motifs is 2. The molecule has 5 rings (SSSR count). The number of carbonyl (C=O) groups is 1. The highest BCUT2D eigenvalue weighted by Crippen LogP contribution is 2.43. The number of aromatic nitrogens is 2. The van der Waals surface area contributed by atoms with Gasteiger partial charge in [0.25, 0.3) is 5.91 Å². The zero-order valence-corrected chi connectivity index (χ0v) is 20.0. The van der Waals surface area contributed by atoms with Gasteiger partial charge in [-0.05, 0) is 36.6 Å². The van der Waals surface area contributed by atoms with Crippen LogP contribution in [-0.4, -0.2) is 15.9 Å². The zero-order chi connectivity index (χ0) is 24.7. The van der Waals surface area contributed by atoms with E-state index < -0.39 is 0 Å².